The van der Waals surface area contributed by atoms with Crippen LogP contribution in [0.3, 0.4) is 0 Å². The molecule has 0 saturated heterocycles. The molecule has 1 heterocycles. The Balaban J connectivity index is 1.51. The number of rotatable bonds is 3. The molecule has 4 rings (SSSR count). The summed E-state index contributed by atoms with van der Waals surface area (Å²) in [7, 11) is 0. The average molecular weight is 370 g/mol. The van der Waals surface area contributed by atoms with Gasteiger partial charge in [0.25, 0.3) is 11.8 Å². The van der Waals surface area contributed by atoms with Crippen LogP contribution >= 0.6 is 0 Å². The molecule has 140 valence electrons. The summed E-state index contributed by atoms with van der Waals surface area (Å²) in [5, 5.41) is 2.87. The summed E-state index contributed by atoms with van der Waals surface area (Å²) >= 11 is 0. The fourth-order valence-electron chi connectivity index (χ4n) is 3.55. The quantitative estimate of drug-likeness (QED) is 0.711. The van der Waals surface area contributed by atoms with Gasteiger partial charge in [-0.2, -0.15) is 0 Å². The second-order valence-corrected chi connectivity index (χ2v) is 6.94. The van der Waals surface area contributed by atoms with E-state index in [0.29, 0.717) is 16.8 Å². The molecule has 1 aliphatic rings. The van der Waals surface area contributed by atoms with Crippen molar-refractivity contribution >= 4 is 23.2 Å². The summed E-state index contributed by atoms with van der Waals surface area (Å²) in [5.74, 6) is -0.170. The van der Waals surface area contributed by atoms with Crippen LogP contribution in [0.25, 0.3) is 0 Å². The van der Waals surface area contributed by atoms with E-state index < -0.39 is 0 Å². The Kier molecular flexibility index (Phi) is 5.20. The summed E-state index contributed by atoms with van der Waals surface area (Å²) in [6.07, 6.45) is 3.08. The van der Waals surface area contributed by atoms with Crippen LogP contribution in [0.2, 0.25) is 0 Å². The molecule has 28 heavy (non-hydrogen) atoms. The van der Waals surface area contributed by atoms with Gasteiger partial charge in [0.15, 0.2) is 0 Å². The largest absolute Gasteiger partial charge is 0.322 e. The monoisotopic (exact) mass is 370 g/mol. The number of fused-ring (bicyclic) bond motifs is 1. The SMILES string of the molecule is O=C(Nc1ccc(C(=O)N2CCCCc3ccccc32)cc1)c1ccccc1. The minimum atomic E-state index is -0.166. The minimum absolute atomic E-state index is 0.00436. The zero-order valence-electron chi connectivity index (χ0n) is 15.6. The molecule has 0 unspecified atom stereocenters. The number of carbonyl (C=O) groups is 2. The minimum Gasteiger partial charge on any atom is -0.322 e. The van der Waals surface area contributed by atoms with Crippen LogP contribution in [-0.2, 0) is 6.42 Å². The highest BCUT2D eigenvalue weighted by Crippen LogP contribution is 2.27. The molecule has 0 aromatic heterocycles. The van der Waals surface area contributed by atoms with Crippen LogP contribution in [0.5, 0.6) is 0 Å². The molecule has 3 aromatic carbocycles. The lowest BCUT2D eigenvalue weighted by atomic mass is 10.1. The topological polar surface area (TPSA) is 49.4 Å². The van der Waals surface area contributed by atoms with E-state index in [1.165, 1.54) is 5.56 Å². The van der Waals surface area contributed by atoms with E-state index in [4.69, 9.17) is 0 Å². The highest BCUT2D eigenvalue weighted by atomic mass is 16.2. The van der Waals surface area contributed by atoms with E-state index in [0.717, 1.165) is 31.5 Å². The van der Waals surface area contributed by atoms with Crippen molar-refractivity contribution in [3.63, 3.8) is 0 Å². The van der Waals surface area contributed by atoms with Gasteiger partial charge >= 0.3 is 0 Å². The van der Waals surface area contributed by atoms with Gasteiger partial charge in [-0.3, -0.25) is 9.59 Å². The van der Waals surface area contributed by atoms with E-state index in [1.54, 1.807) is 36.4 Å². The average Bonchev–Trinajstić information content (AvgIpc) is 2.97. The Labute approximate surface area is 164 Å². The van der Waals surface area contributed by atoms with E-state index >= 15 is 0 Å². The molecule has 1 N–H and O–H groups in total. The summed E-state index contributed by atoms with van der Waals surface area (Å²) in [4.78, 5) is 27.3. The van der Waals surface area contributed by atoms with Gasteiger partial charge in [-0.05, 0) is 67.3 Å². The first-order valence-corrected chi connectivity index (χ1v) is 9.58. The first kappa shape index (κ1) is 18.0. The molecule has 0 fully saturated rings. The molecule has 2 amide bonds. The molecular weight excluding hydrogens is 348 g/mol. The van der Waals surface area contributed by atoms with Gasteiger partial charge in [0, 0.05) is 29.0 Å². The van der Waals surface area contributed by atoms with Crippen LogP contribution in [0.4, 0.5) is 11.4 Å². The molecule has 0 saturated carbocycles. The van der Waals surface area contributed by atoms with Gasteiger partial charge in [-0.25, -0.2) is 0 Å². The Morgan fingerprint density at radius 1 is 0.750 bits per heavy atom. The van der Waals surface area contributed by atoms with Crippen molar-refractivity contribution < 1.29 is 9.59 Å². The molecule has 4 heteroatoms. The van der Waals surface area contributed by atoms with E-state index in [9.17, 15) is 9.59 Å². The molecule has 4 nitrogen and oxygen atoms in total. The molecule has 1 aliphatic heterocycles. The Hall–Kier alpha value is -3.40. The van der Waals surface area contributed by atoms with Crippen molar-refractivity contribution in [3.8, 4) is 0 Å². The van der Waals surface area contributed by atoms with Crippen LogP contribution in [0.15, 0.2) is 78.9 Å². The van der Waals surface area contributed by atoms with E-state index in [1.807, 2.05) is 41.3 Å². The smallest absolute Gasteiger partial charge is 0.258 e. The predicted molar refractivity (Wildman–Crippen MR) is 112 cm³/mol. The van der Waals surface area contributed by atoms with Crippen LogP contribution in [0, 0.1) is 0 Å². The molecule has 0 atom stereocenters. The lowest BCUT2D eigenvalue weighted by molar-refractivity contribution is 0.0985. The highest BCUT2D eigenvalue weighted by Gasteiger charge is 2.22. The van der Waals surface area contributed by atoms with Crippen molar-refractivity contribution in [1.82, 2.24) is 0 Å². The zero-order valence-corrected chi connectivity index (χ0v) is 15.6. The highest BCUT2D eigenvalue weighted by molar-refractivity contribution is 6.07. The number of hydrogen-bond donors (Lipinski definition) is 1. The third kappa shape index (κ3) is 3.81. The van der Waals surface area contributed by atoms with E-state index in [2.05, 4.69) is 11.4 Å². The Morgan fingerprint density at radius 2 is 1.46 bits per heavy atom. The lowest BCUT2D eigenvalue weighted by Crippen LogP contribution is -2.31. The second kappa shape index (κ2) is 8.09. The molecule has 0 spiro atoms. The van der Waals surface area contributed by atoms with Crippen molar-refractivity contribution in [1.29, 1.82) is 0 Å². The first-order valence-electron chi connectivity index (χ1n) is 9.58. The number of nitrogens with one attached hydrogen (secondary N) is 1. The summed E-state index contributed by atoms with van der Waals surface area (Å²) in [6.45, 7) is 0.725. The molecular formula is C24H22N2O2. The van der Waals surface area contributed by atoms with Crippen LogP contribution < -0.4 is 10.2 Å². The van der Waals surface area contributed by atoms with Gasteiger partial charge in [0.2, 0.25) is 0 Å². The predicted octanol–water partition coefficient (Wildman–Crippen LogP) is 4.92. The van der Waals surface area contributed by atoms with Gasteiger partial charge in [0.1, 0.15) is 0 Å². The maximum absolute atomic E-state index is 13.1. The zero-order chi connectivity index (χ0) is 19.3. The van der Waals surface area contributed by atoms with E-state index in [-0.39, 0.29) is 11.8 Å². The third-order valence-corrected chi connectivity index (χ3v) is 5.03. The van der Waals surface area contributed by atoms with Gasteiger partial charge in [-0.1, -0.05) is 36.4 Å². The summed E-state index contributed by atoms with van der Waals surface area (Å²) in [6, 6.07) is 24.3. The number of para-hydroxylation sites is 1. The number of hydrogen-bond acceptors (Lipinski definition) is 2. The number of nitrogens with zero attached hydrogens (tertiary/aromatic N) is 1. The van der Waals surface area contributed by atoms with Gasteiger partial charge in [-0.15, -0.1) is 0 Å². The van der Waals surface area contributed by atoms with Crippen LogP contribution in [-0.4, -0.2) is 18.4 Å². The van der Waals surface area contributed by atoms with Crippen LogP contribution in [0.1, 0.15) is 39.1 Å². The van der Waals surface area contributed by atoms with Gasteiger partial charge in [0.05, 0.1) is 0 Å². The van der Waals surface area contributed by atoms with Crippen molar-refractivity contribution in [2.45, 2.75) is 19.3 Å². The molecule has 0 aliphatic carbocycles. The molecule has 0 radical (unpaired) electrons. The number of amides is 2. The van der Waals surface area contributed by atoms with Crippen molar-refractivity contribution in [2.75, 3.05) is 16.8 Å². The summed E-state index contributed by atoms with van der Waals surface area (Å²) in [5.41, 5.74) is 4.12. The lowest BCUT2D eigenvalue weighted by Gasteiger charge is -2.23. The van der Waals surface area contributed by atoms with Gasteiger partial charge < -0.3 is 10.2 Å². The third-order valence-electron chi connectivity index (χ3n) is 5.03. The standard InChI is InChI=1S/C24H22N2O2/c27-23(19-10-2-1-3-11-19)25-21-15-13-20(14-16-21)24(28)26-17-7-6-9-18-8-4-5-12-22(18)26/h1-5,8,10-16H,6-7,9,17H2,(H,25,27). The molecule has 3 aromatic rings. The maximum Gasteiger partial charge on any atom is 0.258 e. The number of aryl methyl sites for hydroxylation is 1. The number of carbonyl (C=O) groups excluding carboxylic acids is 2. The number of anilines is 2. The summed E-state index contributed by atoms with van der Waals surface area (Å²) < 4.78 is 0. The fourth-order valence-corrected chi connectivity index (χ4v) is 3.55. The molecule has 0 bridgehead atoms. The second-order valence-electron chi connectivity index (χ2n) is 6.94. The maximum atomic E-state index is 13.1. The number of benzene rings is 3. The van der Waals surface area contributed by atoms with Crippen molar-refractivity contribution in [3.05, 3.63) is 95.6 Å². The fraction of sp³-hybridized carbons (Fsp3) is 0.167. The Bertz CT molecular complexity index is 981. The normalized spacial score (nSPS) is 13.4. The first-order chi connectivity index (χ1) is 13.7. The van der Waals surface area contributed by atoms with Crippen molar-refractivity contribution in [2.24, 2.45) is 0 Å². The Morgan fingerprint density at radius 3 is 2.25 bits per heavy atom.